The van der Waals surface area contributed by atoms with Crippen molar-refractivity contribution < 1.29 is 17.9 Å². The van der Waals surface area contributed by atoms with Gasteiger partial charge in [0.05, 0.1) is 19.1 Å². The maximum Gasteiger partial charge on any atom is 0.394 e. The zero-order valence-corrected chi connectivity index (χ0v) is 11.7. The quantitative estimate of drug-likeness (QED) is 0.724. The SMILES string of the molecule is CN(C)CCOCCN1CCNCC(C(F)(F)F)C1. The molecule has 1 saturated heterocycles. The molecule has 1 aliphatic heterocycles. The van der Waals surface area contributed by atoms with Gasteiger partial charge in [0.2, 0.25) is 0 Å². The number of rotatable bonds is 6. The van der Waals surface area contributed by atoms with E-state index in [1.165, 1.54) is 0 Å². The molecule has 1 heterocycles. The molecule has 0 spiro atoms. The van der Waals surface area contributed by atoms with Crippen molar-refractivity contribution in [1.82, 2.24) is 15.1 Å². The van der Waals surface area contributed by atoms with Gasteiger partial charge in [-0.3, -0.25) is 4.90 Å². The van der Waals surface area contributed by atoms with E-state index in [-0.39, 0.29) is 13.1 Å². The van der Waals surface area contributed by atoms with Crippen LogP contribution in [0.1, 0.15) is 0 Å². The Morgan fingerprint density at radius 2 is 2.05 bits per heavy atom. The molecule has 1 rings (SSSR count). The highest BCUT2D eigenvalue weighted by Crippen LogP contribution is 2.27. The average Bonchev–Trinajstić information content (AvgIpc) is 2.53. The highest BCUT2D eigenvalue weighted by molar-refractivity contribution is 4.78. The first-order chi connectivity index (χ1) is 8.89. The topological polar surface area (TPSA) is 27.7 Å². The minimum Gasteiger partial charge on any atom is -0.379 e. The van der Waals surface area contributed by atoms with E-state index >= 15 is 0 Å². The summed E-state index contributed by atoms with van der Waals surface area (Å²) in [6, 6.07) is 0. The van der Waals surface area contributed by atoms with Crippen molar-refractivity contribution in [2.24, 2.45) is 5.92 Å². The molecule has 0 saturated carbocycles. The van der Waals surface area contributed by atoms with Gasteiger partial charge >= 0.3 is 6.18 Å². The van der Waals surface area contributed by atoms with Crippen LogP contribution in [0.3, 0.4) is 0 Å². The molecule has 0 amide bonds. The predicted octanol–water partition coefficient (Wildman–Crippen LogP) is 0.648. The third-order valence-corrected chi connectivity index (χ3v) is 3.17. The molecule has 1 aliphatic rings. The molecule has 0 bridgehead atoms. The lowest BCUT2D eigenvalue weighted by atomic mass is 10.1. The maximum atomic E-state index is 12.7. The van der Waals surface area contributed by atoms with Crippen LogP contribution in [0.25, 0.3) is 0 Å². The number of hydrogen-bond acceptors (Lipinski definition) is 4. The standard InChI is InChI=1S/C12H24F3N3O/c1-17(2)5-7-19-8-6-18-4-3-16-9-11(10-18)12(13,14)15/h11,16H,3-10H2,1-2H3. The van der Waals surface area contributed by atoms with Crippen LogP contribution in [-0.4, -0.2) is 82.6 Å². The third kappa shape index (κ3) is 7.10. The molecule has 19 heavy (non-hydrogen) atoms. The lowest BCUT2D eigenvalue weighted by molar-refractivity contribution is -0.176. The van der Waals surface area contributed by atoms with Gasteiger partial charge in [-0.2, -0.15) is 13.2 Å². The Kier molecular flexibility index (Phi) is 7.06. The Bertz CT molecular complexity index is 249. The summed E-state index contributed by atoms with van der Waals surface area (Å²) in [6.07, 6.45) is -4.12. The van der Waals surface area contributed by atoms with Crippen molar-refractivity contribution in [3.63, 3.8) is 0 Å². The molecule has 1 unspecified atom stereocenters. The Balaban J connectivity index is 2.24. The van der Waals surface area contributed by atoms with E-state index in [1.807, 2.05) is 23.9 Å². The number of nitrogens with one attached hydrogen (secondary N) is 1. The first kappa shape index (κ1) is 16.7. The third-order valence-electron chi connectivity index (χ3n) is 3.17. The van der Waals surface area contributed by atoms with Gasteiger partial charge in [0.15, 0.2) is 0 Å². The fourth-order valence-corrected chi connectivity index (χ4v) is 1.95. The smallest absolute Gasteiger partial charge is 0.379 e. The Hall–Kier alpha value is -0.370. The predicted molar refractivity (Wildman–Crippen MR) is 68.2 cm³/mol. The molecule has 1 atom stereocenters. The summed E-state index contributed by atoms with van der Waals surface area (Å²) in [5.41, 5.74) is 0. The van der Waals surface area contributed by atoms with Gasteiger partial charge in [0.1, 0.15) is 0 Å². The van der Waals surface area contributed by atoms with Crippen molar-refractivity contribution in [3.8, 4) is 0 Å². The normalized spacial score (nSPS) is 22.7. The van der Waals surface area contributed by atoms with Crippen molar-refractivity contribution in [2.75, 3.05) is 66.6 Å². The highest BCUT2D eigenvalue weighted by Gasteiger charge is 2.40. The van der Waals surface area contributed by atoms with Crippen molar-refractivity contribution in [3.05, 3.63) is 0 Å². The molecule has 0 aromatic carbocycles. The number of hydrogen-bond donors (Lipinski definition) is 1. The van der Waals surface area contributed by atoms with Crippen LogP contribution >= 0.6 is 0 Å². The fourth-order valence-electron chi connectivity index (χ4n) is 1.95. The summed E-state index contributed by atoms with van der Waals surface area (Å²) in [6.45, 7) is 3.80. The van der Waals surface area contributed by atoms with Crippen molar-refractivity contribution in [1.29, 1.82) is 0 Å². The lowest BCUT2D eigenvalue weighted by Crippen LogP contribution is -2.39. The van der Waals surface area contributed by atoms with Crippen LogP contribution in [0.5, 0.6) is 0 Å². The molecule has 0 aromatic heterocycles. The number of likely N-dealkylation sites (N-methyl/N-ethyl adjacent to an activating group) is 1. The zero-order chi connectivity index (χ0) is 14.3. The van der Waals surface area contributed by atoms with Crippen molar-refractivity contribution >= 4 is 0 Å². The molecule has 0 aliphatic carbocycles. The van der Waals surface area contributed by atoms with Crippen molar-refractivity contribution in [2.45, 2.75) is 6.18 Å². The second kappa shape index (κ2) is 8.04. The second-order valence-corrected chi connectivity index (χ2v) is 5.16. The molecule has 1 N–H and O–H groups in total. The van der Waals surface area contributed by atoms with E-state index in [2.05, 4.69) is 5.32 Å². The summed E-state index contributed by atoms with van der Waals surface area (Å²) < 4.78 is 43.6. The molecule has 4 nitrogen and oxygen atoms in total. The monoisotopic (exact) mass is 283 g/mol. The molecule has 0 aromatic rings. The van der Waals surface area contributed by atoms with Crippen LogP contribution in [0.4, 0.5) is 13.2 Å². The van der Waals surface area contributed by atoms with Gasteiger partial charge in [-0.15, -0.1) is 0 Å². The van der Waals surface area contributed by atoms with Crippen LogP contribution in [0.15, 0.2) is 0 Å². The Morgan fingerprint density at radius 3 is 2.68 bits per heavy atom. The van der Waals surface area contributed by atoms with E-state index in [4.69, 9.17) is 4.74 Å². The summed E-state index contributed by atoms with van der Waals surface area (Å²) in [5, 5.41) is 2.84. The Labute approximate surface area is 112 Å². The Morgan fingerprint density at radius 1 is 1.32 bits per heavy atom. The second-order valence-electron chi connectivity index (χ2n) is 5.16. The van der Waals surface area contributed by atoms with E-state index in [9.17, 15) is 13.2 Å². The minimum absolute atomic E-state index is 0.0154. The molecular formula is C12H24F3N3O. The van der Waals surface area contributed by atoms with E-state index < -0.39 is 12.1 Å². The van der Waals surface area contributed by atoms with Gasteiger partial charge in [-0.25, -0.2) is 0 Å². The van der Waals surface area contributed by atoms with Gasteiger partial charge in [0, 0.05) is 39.3 Å². The van der Waals surface area contributed by atoms with E-state index in [0.29, 0.717) is 32.8 Å². The number of halogens is 3. The molecular weight excluding hydrogens is 259 g/mol. The first-order valence-electron chi connectivity index (χ1n) is 6.62. The number of nitrogens with zero attached hydrogens (tertiary/aromatic N) is 2. The van der Waals surface area contributed by atoms with E-state index in [0.717, 1.165) is 6.54 Å². The van der Waals surface area contributed by atoms with Gasteiger partial charge in [-0.1, -0.05) is 0 Å². The maximum absolute atomic E-state index is 12.7. The van der Waals surface area contributed by atoms with Crippen LogP contribution in [0.2, 0.25) is 0 Å². The van der Waals surface area contributed by atoms with Crippen LogP contribution in [0, 0.1) is 5.92 Å². The fraction of sp³-hybridized carbons (Fsp3) is 1.00. The number of ether oxygens (including phenoxy) is 1. The largest absolute Gasteiger partial charge is 0.394 e. The zero-order valence-electron chi connectivity index (χ0n) is 11.7. The van der Waals surface area contributed by atoms with E-state index in [1.54, 1.807) is 0 Å². The first-order valence-corrected chi connectivity index (χ1v) is 6.62. The molecule has 0 radical (unpaired) electrons. The van der Waals surface area contributed by atoms with Crippen LogP contribution in [-0.2, 0) is 4.74 Å². The molecule has 1 fully saturated rings. The van der Waals surface area contributed by atoms with Gasteiger partial charge < -0.3 is 15.0 Å². The highest BCUT2D eigenvalue weighted by atomic mass is 19.4. The summed E-state index contributed by atoms with van der Waals surface area (Å²) in [5.74, 6) is -1.28. The lowest BCUT2D eigenvalue weighted by Gasteiger charge is -2.25. The summed E-state index contributed by atoms with van der Waals surface area (Å²) in [4.78, 5) is 3.84. The molecule has 7 heteroatoms. The van der Waals surface area contributed by atoms with Gasteiger partial charge in [0.25, 0.3) is 0 Å². The molecule has 114 valence electrons. The minimum atomic E-state index is -4.12. The van der Waals surface area contributed by atoms with Crippen LogP contribution < -0.4 is 5.32 Å². The number of alkyl halides is 3. The summed E-state index contributed by atoms with van der Waals surface area (Å²) in [7, 11) is 3.91. The average molecular weight is 283 g/mol. The summed E-state index contributed by atoms with van der Waals surface area (Å²) >= 11 is 0. The van der Waals surface area contributed by atoms with Gasteiger partial charge in [-0.05, 0) is 14.1 Å².